The molecule has 98 valence electrons. The zero-order valence-electron chi connectivity index (χ0n) is 10.4. The zero-order valence-corrected chi connectivity index (χ0v) is 12.0. The first kappa shape index (κ1) is 13.3. The fourth-order valence-corrected chi connectivity index (χ4v) is 2.48. The molecule has 0 radical (unpaired) electrons. The third-order valence-electron chi connectivity index (χ3n) is 3.55. The van der Waals surface area contributed by atoms with Gasteiger partial charge in [-0.1, -0.05) is 0 Å². The van der Waals surface area contributed by atoms with Crippen LogP contribution in [0.2, 0.25) is 0 Å². The number of carbonyl (C=O) groups is 1. The second kappa shape index (κ2) is 4.88. The van der Waals surface area contributed by atoms with Gasteiger partial charge in [-0.05, 0) is 53.7 Å². The van der Waals surface area contributed by atoms with E-state index in [1.165, 1.54) is 25.0 Å². The maximum atomic E-state index is 13.2. The summed E-state index contributed by atoms with van der Waals surface area (Å²) < 4.78 is 13.7. The summed E-state index contributed by atoms with van der Waals surface area (Å²) in [6, 6.07) is 2.83. The van der Waals surface area contributed by atoms with Gasteiger partial charge < -0.3 is 10.6 Å². The molecule has 1 fully saturated rings. The quantitative estimate of drug-likeness (QED) is 0.872. The van der Waals surface area contributed by atoms with Gasteiger partial charge in [0.25, 0.3) is 5.91 Å². The molecule has 0 spiro atoms. The Kier molecular flexibility index (Phi) is 3.61. The molecule has 2 N–H and O–H groups in total. The SMILES string of the molecule is CC(C1CC1)N(C)C(=O)c1cc(N)c(F)cc1Br. The van der Waals surface area contributed by atoms with Crippen LogP contribution in [0.5, 0.6) is 0 Å². The van der Waals surface area contributed by atoms with Crippen LogP contribution >= 0.6 is 15.9 Å². The Hall–Kier alpha value is -1.10. The number of halogens is 2. The molecule has 1 atom stereocenters. The fraction of sp³-hybridized carbons (Fsp3) is 0.462. The van der Waals surface area contributed by atoms with E-state index in [0.29, 0.717) is 16.0 Å². The lowest BCUT2D eigenvalue weighted by Crippen LogP contribution is -2.36. The summed E-state index contributed by atoms with van der Waals surface area (Å²) in [4.78, 5) is 14.0. The number of nitrogens with two attached hydrogens (primary N) is 1. The van der Waals surface area contributed by atoms with Crippen molar-refractivity contribution in [3.8, 4) is 0 Å². The lowest BCUT2D eigenvalue weighted by Gasteiger charge is -2.25. The van der Waals surface area contributed by atoms with E-state index in [0.717, 1.165) is 0 Å². The van der Waals surface area contributed by atoms with Crippen LogP contribution in [0, 0.1) is 11.7 Å². The fourth-order valence-electron chi connectivity index (χ4n) is 2.00. The first-order chi connectivity index (χ1) is 8.41. The van der Waals surface area contributed by atoms with Crippen molar-refractivity contribution >= 4 is 27.5 Å². The first-order valence-corrected chi connectivity index (χ1v) is 6.72. The monoisotopic (exact) mass is 314 g/mol. The molecule has 5 heteroatoms. The molecule has 1 aliphatic rings. The van der Waals surface area contributed by atoms with Crippen LogP contribution in [-0.2, 0) is 0 Å². The second-order valence-corrected chi connectivity index (χ2v) is 5.70. The smallest absolute Gasteiger partial charge is 0.255 e. The summed E-state index contributed by atoms with van der Waals surface area (Å²) in [5, 5.41) is 0. The van der Waals surface area contributed by atoms with Gasteiger partial charge in [0.2, 0.25) is 0 Å². The molecule has 1 aliphatic carbocycles. The molecule has 2 rings (SSSR count). The van der Waals surface area contributed by atoms with E-state index in [1.807, 2.05) is 6.92 Å². The predicted octanol–water partition coefficient (Wildman–Crippen LogP) is 3.04. The molecule has 1 unspecified atom stereocenters. The van der Waals surface area contributed by atoms with E-state index in [4.69, 9.17) is 5.73 Å². The van der Waals surface area contributed by atoms with Crippen LogP contribution in [0.4, 0.5) is 10.1 Å². The number of carbonyl (C=O) groups excluding carboxylic acids is 1. The summed E-state index contributed by atoms with van der Waals surface area (Å²) >= 11 is 3.21. The molecular weight excluding hydrogens is 299 g/mol. The van der Waals surface area contributed by atoms with Gasteiger partial charge in [0.05, 0.1) is 11.3 Å². The van der Waals surface area contributed by atoms with Gasteiger partial charge in [0.1, 0.15) is 5.82 Å². The summed E-state index contributed by atoms with van der Waals surface area (Å²) in [7, 11) is 1.78. The Bertz CT molecular complexity index is 488. The first-order valence-electron chi connectivity index (χ1n) is 5.93. The van der Waals surface area contributed by atoms with Crippen LogP contribution in [0.3, 0.4) is 0 Å². The van der Waals surface area contributed by atoms with Crippen LogP contribution in [0.25, 0.3) is 0 Å². The Morgan fingerprint density at radius 2 is 2.17 bits per heavy atom. The highest BCUT2D eigenvalue weighted by Crippen LogP contribution is 2.35. The molecule has 3 nitrogen and oxygen atoms in total. The van der Waals surface area contributed by atoms with E-state index in [2.05, 4.69) is 15.9 Å². The van der Waals surface area contributed by atoms with Crippen molar-refractivity contribution in [3.05, 3.63) is 28.0 Å². The molecule has 0 saturated heterocycles. The molecule has 1 amide bonds. The van der Waals surface area contributed by atoms with E-state index in [1.54, 1.807) is 11.9 Å². The number of hydrogen-bond donors (Lipinski definition) is 1. The average Bonchev–Trinajstić information content (AvgIpc) is 3.15. The predicted molar refractivity (Wildman–Crippen MR) is 72.8 cm³/mol. The Morgan fingerprint density at radius 1 is 1.56 bits per heavy atom. The number of hydrogen-bond acceptors (Lipinski definition) is 2. The number of anilines is 1. The molecular formula is C13H16BrFN2O. The Labute approximate surface area is 114 Å². The minimum atomic E-state index is -0.517. The van der Waals surface area contributed by atoms with E-state index in [9.17, 15) is 9.18 Å². The van der Waals surface area contributed by atoms with Gasteiger partial charge in [-0.25, -0.2) is 4.39 Å². The van der Waals surface area contributed by atoms with Gasteiger partial charge >= 0.3 is 0 Å². The van der Waals surface area contributed by atoms with Crippen LogP contribution < -0.4 is 5.73 Å². The largest absolute Gasteiger partial charge is 0.396 e. The highest BCUT2D eigenvalue weighted by molar-refractivity contribution is 9.10. The molecule has 18 heavy (non-hydrogen) atoms. The standard InChI is InChI=1S/C13H16BrFN2O/c1-7(8-3-4-8)17(2)13(18)9-5-12(16)11(15)6-10(9)14/h5-8H,3-4,16H2,1-2H3. The van der Waals surface area contributed by atoms with Crippen molar-refractivity contribution in [3.63, 3.8) is 0 Å². The van der Waals surface area contributed by atoms with E-state index < -0.39 is 5.82 Å². The van der Waals surface area contributed by atoms with Crippen molar-refractivity contribution in [1.29, 1.82) is 0 Å². The highest BCUT2D eigenvalue weighted by Gasteiger charge is 2.33. The zero-order chi connectivity index (χ0) is 13.4. The van der Waals surface area contributed by atoms with E-state index in [-0.39, 0.29) is 17.6 Å². The minimum Gasteiger partial charge on any atom is -0.396 e. The molecule has 1 aromatic carbocycles. The van der Waals surface area contributed by atoms with Gasteiger partial charge in [-0.3, -0.25) is 4.79 Å². The summed E-state index contributed by atoms with van der Waals surface area (Å²) in [6.45, 7) is 2.04. The lowest BCUT2D eigenvalue weighted by atomic mass is 10.1. The maximum Gasteiger partial charge on any atom is 0.255 e. The number of nitrogens with zero attached hydrogens (tertiary/aromatic N) is 1. The number of nitrogen functional groups attached to an aromatic ring is 1. The molecule has 0 aliphatic heterocycles. The third kappa shape index (κ3) is 2.51. The minimum absolute atomic E-state index is 0.00553. The summed E-state index contributed by atoms with van der Waals surface area (Å²) in [5.74, 6) is -0.0557. The lowest BCUT2D eigenvalue weighted by molar-refractivity contribution is 0.0726. The van der Waals surface area contributed by atoms with Crippen molar-refractivity contribution in [2.24, 2.45) is 5.92 Å². The van der Waals surface area contributed by atoms with Gasteiger partial charge in [-0.15, -0.1) is 0 Å². The van der Waals surface area contributed by atoms with Crippen LogP contribution in [-0.4, -0.2) is 23.9 Å². The topological polar surface area (TPSA) is 46.3 Å². The highest BCUT2D eigenvalue weighted by atomic mass is 79.9. The van der Waals surface area contributed by atoms with Crippen LogP contribution in [0.1, 0.15) is 30.1 Å². The van der Waals surface area contributed by atoms with Gasteiger partial charge in [-0.2, -0.15) is 0 Å². The average molecular weight is 315 g/mol. The second-order valence-electron chi connectivity index (χ2n) is 4.85. The van der Waals surface area contributed by atoms with Gasteiger partial charge in [0, 0.05) is 17.6 Å². The van der Waals surface area contributed by atoms with E-state index >= 15 is 0 Å². The summed E-state index contributed by atoms with van der Waals surface area (Å²) in [6.07, 6.45) is 2.34. The number of rotatable bonds is 3. The summed E-state index contributed by atoms with van der Waals surface area (Å²) in [5.41, 5.74) is 5.91. The van der Waals surface area contributed by atoms with Gasteiger partial charge in [0.15, 0.2) is 0 Å². The Morgan fingerprint density at radius 3 is 2.72 bits per heavy atom. The van der Waals surface area contributed by atoms with Crippen molar-refractivity contribution < 1.29 is 9.18 Å². The molecule has 0 heterocycles. The third-order valence-corrected chi connectivity index (χ3v) is 4.21. The Balaban J connectivity index is 2.25. The molecule has 1 aromatic rings. The van der Waals surface area contributed by atoms with Crippen molar-refractivity contribution in [1.82, 2.24) is 4.90 Å². The van der Waals surface area contributed by atoms with Crippen molar-refractivity contribution in [2.75, 3.05) is 12.8 Å². The molecule has 0 aromatic heterocycles. The van der Waals surface area contributed by atoms with Crippen LogP contribution in [0.15, 0.2) is 16.6 Å². The van der Waals surface area contributed by atoms with Crippen molar-refractivity contribution in [2.45, 2.75) is 25.8 Å². The normalized spacial score (nSPS) is 16.4. The molecule has 0 bridgehead atoms. The number of benzene rings is 1. The maximum absolute atomic E-state index is 13.2. The number of amides is 1. The molecule has 1 saturated carbocycles.